The summed E-state index contributed by atoms with van der Waals surface area (Å²) < 4.78 is 11.0. The summed E-state index contributed by atoms with van der Waals surface area (Å²) in [6.07, 6.45) is 0.306. The first-order valence-electron chi connectivity index (χ1n) is 4.78. The average molecular weight is 190 g/mol. The van der Waals surface area contributed by atoms with Crippen LogP contribution in [0.1, 0.15) is 26.7 Å². The topological polar surface area (TPSA) is 58.9 Å². The molecule has 1 aliphatic rings. The molecule has 1 rings (SSSR count). The Hall–Kier alpha value is -0.160. The van der Waals surface area contributed by atoms with Gasteiger partial charge < -0.3 is 19.7 Å². The van der Waals surface area contributed by atoms with Gasteiger partial charge >= 0.3 is 0 Å². The highest BCUT2D eigenvalue weighted by molar-refractivity contribution is 4.80. The molecular weight excluding hydrogens is 172 g/mol. The van der Waals surface area contributed by atoms with Gasteiger partial charge in [0.15, 0.2) is 5.79 Å². The van der Waals surface area contributed by atoms with Gasteiger partial charge in [-0.15, -0.1) is 0 Å². The van der Waals surface area contributed by atoms with Crippen LogP contribution in [-0.4, -0.2) is 41.4 Å². The van der Waals surface area contributed by atoms with E-state index >= 15 is 0 Å². The highest BCUT2D eigenvalue weighted by Crippen LogP contribution is 2.31. The maximum Gasteiger partial charge on any atom is 0.168 e. The molecule has 1 saturated heterocycles. The summed E-state index contributed by atoms with van der Waals surface area (Å²) in [6.45, 7) is 4.05. The number of aliphatic hydroxyl groups is 2. The monoisotopic (exact) mass is 190 g/mol. The SMILES string of the molecule is CCC1(CC)OC[C@@H]([C@@H](O)CO)O1. The van der Waals surface area contributed by atoms with Gasteiger partial charge in [-0.25, -0.2) is 0 Å². The van der Waals surface area contributed by atoms with E-state index in [0.717, 1.165) is 12.8 Å². The molecule has 0 aromatic rings. The maximum absolute atomic E-state index is 9.33. The van der Waals surface area contributed by atoms with Crippen LogP contribution in [0.2, 0.25) is 0 Å². The number of rotatable bonds is 4. The zero-order chi connectivity index (χ0) is 9.90. The van der Waals surface area contributed by atoms with Crippen LogP contribution >= 0.6 is 0 Å². The van der Waals surface area contributed by atoms with E-state index in [2.05, 4.69) is 0 Å². The van der Waals surface area contributed by atoms with Crippen molar-refractivity contribution in [3.05, 3.63) is 0 Å². The fourth-order valence-corrected chi connectivity index (χ4v) is 1.51. The molecule has 0 aliphatic carbocycles. The fourth-order valence-electron chi connectivity index (χ4n) is 1.51. The molecular formula is C9H18O4. The second-order valence-corrected chi connectivity index (χ2v) is 3.34. The second-order valence-electron chi connectivity index (χ2n) is 3.34. The molecule has 1 aliphatic heterocycles. The van der Waals surface area contributed by atoms with Crippen LogP contribution in [-0.2, 0) is 9.47 Å². The molecule has 2 N–H and O–H groups in total. The molecule has 0 unspecified atom stereocenters. The van der Waals surface area contributed by atoms with Crippen LogP contribution in [0.3, 0.4) is 0 Å². The molecule has 0 bridgehead atoms. The average Bonchev–Trinajstić information content (AvgIpc) is 2.61. The first-order chi connectivity index (χ1) is 6.17. The lowest BCUT2D eigenvalue weighted by Gasteiger charge is -2.25. The van der Waals surface area contributed by atoms with Gasteiger partial charge in [0, 0.05) is 0 Å². The summed E-state index contributed by atoms with van der Waals surface area (Å²) >= 11 is 0. The third kappa shape index (κ3) is 2.20. The van der Waals surface area contributed by atoms with Gasteiger partial charge in [0.05, 0.1) is 13.2 Å². The van der Waals surface area contributed by atoms with Crippen molar-refractivity contribution in [1.29, 1.82) is 0 Å². The summed E-state index contributed by atoms with van der Waals surface area (Å²) in [5.74, 6) is -0.541. The predicted molar refractivity (Wildman–Crippen MR) is 47.2 cm³/mol. The van der Waals surface area contributed by atoms with Crippen LogP contribution in [0.25, 0.3) is 0 Å². The van der Waals surface area contributed by atoms with Crippen molar-refractivity contribution >= 4 is 0 Å². The smallest absolute Gasteiger partial charge is 0.168 e. The minimum atomic E-state index is -0.833. The third-order valence-electron chi connectivity index (χ3n) is 2.57. The highest BCUT2D eigenvalue weighted by atomic mass is 16.7. The zero-order valence-corrected chi connectivity index (χ0v) is 8.19. The lowest BCUT2D eigenvalue weighted by Crippen LogP contribution is -2.35. The molecule has 1 fully saturated rings. The van der Waals surface area contributed by atoms with E-state index in [-0.39, 0.29) is 12.7 Å². The van der Waals surface area contributed by atoms with Crippen molar-refractivity contribution < 1.29 is 19.7 Å². The molecule has 4 heteroatoms. The third-order valence-corrected chi connectivity index (χ3v) is 2.57. The van der Waals surface area contributed by atoms with E-state index < -0.39 is 11.9 Å². The fraction of sp³-hybridized carbons (Fsp3) is 1.00. The Morgan fingerprint density at radius 1 is 1.46 bits per heavy atom. The molecule has 2 atom stereocenters. The van der Waals surface area contributed by atoms with Crippen molar-refractivity contribution in [2.75, 3.05) is 13.2 Å². The summed E-state index contributed by atoms with van der Waals surface area (Å²) in [6, 6.07) is 0. The number of ether oxygens (including phenoxy) is 2. The van der Waals surface area contributed by atoms with Crippen molar-refractivity contribution in [2.24, 2.45) is 0 Å². The molecule has 0 aromatic heterocycles. The molecule has 0 amide bonds. The first-order valence-corrected chi connectivity index (χ1v) is 4.78. The number of aliphatic hydroxyl groups excluding tert-OH is 2. The van der Waals surface area contributed by atoms with Crippen LogP contribution < -0.4 is 0 Å². The lowest BCUT2D eigenvalue weighted by atomic mass is 10.1. The van der Waals surface area contributed by atoms with E-state index in [9.17, 15) is 5.11 Å². The minimum absolute atomic E-state index is 0.280. The summed E-state index contributed by atoms with van der Waals surface area (Å²) in [4.78, 5) is 0. The van der Waals surface area contributed by atoms with E-state index in [1.54, 1.807) is 0 Å². The lowest BCUT2D eigenvalue weighted by molar-refractivity contribution is -0.183. The Morgan fingerprint density at radius 3 is 2.46 bits per heavy atom. The summed E-state index contributed by atoms with van der Waals surface area (Å²) in [5.41, 5.74) is 0. The van der Waals surface area contributed by atoms with Crippen LogP contribution in [0.5, 0.6) is 0 Å². The van der Waals surface area contributed by atoms with Crippen molar-refractivity contribution in [3.8, 4) is 0 Å². The molecule has 78 valence electrons. The maximum atomic E-state index is 9.33. The van der Waals surface area contributed by atoms with Gasteiger partial charge in [-0.05, 0) is 12.8 Å². The molecule has 0 aromatic carbocycles. The van der Waals surface area contributed by atoms with Crippen molar-refractivity contribution in [2.45, 2.75) is 44.7 Å². The normalized spacial score (nSPS) is 29.1. The van der Waals surface area contributed by atoms with Crippen LogP contribution in [0.4, 0.5) is 0 Å². The van der Waals surface area contributed by atoms with E-state index in [4.69, 9.17) is 14.6 Å². The van der Waals surface area contributed by atoms with Gasteiger partial charge in [0.2, 0.25) is 0 Å². The Balaban J connectivity index is 2.51. The molecule has 4 nitrogen and oxygen atoms in total. The van der Waals surface area contributed by atoms with Gasteiger partial charge in [0.1, 0.15) is 12.2 Å². The highest BCUT2D eigenvalue weighted by Gasteiger charge is 2.40. The van der Waals surface area contributed by atoms with E-state index in [0.29, 0.717) is 6.61 Å². The molecule has 0 radical (unpaired) electrons. The van der Waals surface area contributed by atoms with E-state index in [1.807, 2.05) is 13.8 Å². The quantitative estimate of drug-likeness (QED) is 0.668. The molecule has 13 heavy (non-hydrogen) atoms. The molecule has 0 spiro atoms. The van der Waals surface area contributed by atoms with Gasteiger partial charge in [-0.3, -0.25) is 0 Å². The van der Waals surface area contributed by atoms with Crippen LogP contribution in [0.15, 0.2) is 0 Å². The molecule has 1 heterocycles. The Kier molecular flexibility index (Phi) is 3.67. The minimum Gasteiger partial charge on any atom is -0.394 e. The summed E-state index contributed by atoms with van der Waals surface area (Å²) in [5, 5.41) is 18.1. The first kappa shape index (κ1) is 10.9. The Morgan fingerprint density at radius 2 is 2.08 bits per heavy atom. The van der Waals surface area contributed by atoms with Gasteiger partial charge in [-0.1, -0.05) is 13.8 Å². The van der Waals surface area contributed by atoms with Gasteiger partial charge in [-0.2, -0.15) is 0 Å². The molecule has 0 saturated carbocycles. The van der Waals surface area contributed by atoms with Crippen LogP contribution in [0, 0.1) is 0 Å². The predicted octanol–water partition coefficient (Wildman–Crippen LogP) is 0.271. The van der Waals surface area contributed by atoms with Crippen molar-refractivity contribution in [1.82, 2.24) is 0 Å². The van der Waals surface area contributed by atoms with Gasteiger partial charge in [0.25, 0.3) is 0 Å². The van der Waals surface area contributed by atoms with E-state index in [1.165, 1.54) is 0 Å². The summed E-state index contributed by atoms with van der Waals surface area (Å²) in [7, 11) is 0. The largest absolute Gasteiger partial charge is 0.394 e. The zero-order valence-electron chi connectivity index (χ0n) is 8.19. The Bertz CT molecular complexity index is 156. The van der Waals surface area contributed by atoms with Crippen molar-refractivity contribution in [3.63, 3.8) is 0 Å². The Labute approximate surface area is 78.5 Å². The second kappa shape index (κ2) is 4.37. The number of hydrogen-bond donors (Lipinski definition) is 2. The number of hydrogen-bond acceptors (Lipinski definition) is 4. The standard InChI is InChI=1S/C9H18O4/c1-3-9(4-2)12-6-8(13-9)7(11)5-10/h7-8,10-11H,3-6H2,1-2H3/t7-,8-/m0/s1.